The zero-order valence-electron chi connectivity index (χ0n) is 17.8. The highest BCUT2D eigenvalue weighted by Crippen LogP contribution is 2.33. The molecule has 1 saturated carbocycles. The molecule has 0 aromatic heterocycles. The Bertz CT molecular complexity index is 1050. The zero-order valence-corrected chi connectivity index (χ0v) is 18.6. The van der Waals surface area contributed by atoms with E-state index >= 15 is 0 Å². The Balaban J connectivity index is 1.54. The van der Waals surface area contributed by atoms with Gasteiger partial charge in [0, 0.05) is 28.7 Å². The molecule has 32 heavy (non-hydrogen) atoms. The lowest BCUT2D eigenvalue weighted by Gasteiger charge is -2.33. The Labute approximate surface area is 192 Å². The molecule has 0 radical (unpaired) electrons. The van der Waals surface area contributed by atoms with Gasteiger partial charge in [0.15, 0.2) is 0 Å². The lowest BCUT2D eigenvalue weighted by Crippen LogP contribution is -2.48. The largest absolute Gasteiger partial charge is 0.395 e. The normalized spacial score (nSPS) is 21.7. The molecule has 0 bridgehead atoms. The molecule has 7 heteroatoms. The molecule has 166 valence electrons. The number of carbonyl (C=O) groups is 2. The maximum atomic E-state index is 13.8. The van der Waals surface area contributed by atoms with Gasteiger partial charge >= 0.3 is 0 Å². The van der Waals surface area contributed by atoms with Crippen molar-refractivity contribution in [2.24, 2.45) is 11.1 Å². The molecule has 1 N–H and O–H groups in total. The molecular formula is C25H26ClN3O3. The van der Waals surface area contributed by atoms with Crippen molar-refractivity contribution in [3.8, 4) is 0 Å². The van der Waals surface area contributed by atoms with Gasteiger partial charge in [0.05, 0.1) is 11.6 Å². The average Bonchev–Trinajstić information content (AvgIpc) is 3.24. The molecular weight excluding hydrogens is 426 g/mol. The van der Waals surface area contributed by atoms with Gasteiger partial charge in [-0.2, -0.15) is 0 Å². The fourth-order valence-electron chi connectivity index (χ4n) is 4.99. The first-order chi connectivity index (χ1) is 15.6. The SMILES string of the molecule is O=C(NC1CCCCC1)C(c1ccc(Cl)cc1)N1CC2CON=C2c2ccccc2C1=O. The fourth-order valence-corrected chi connectivity index (χ4v) is 5.12. The van der Waals surface area contributed by atoms with Crippen molar-refractivity contribution in [1.29, 1.82) is 0 Å². The second-order valence-electron chi connectivity index (χ2n) is 8.77. The number of halogens is 1. The van der Waals surface area contributed by atoms with Crippen molar-refractivity contribution >= 4 is 29.1 Å². The maximum Gasteiger partial charge on any atom is 0.255 e. The molecule has 0 saturated heterocycles. The molecule has 5 rings (SSSR count). The van der Waals surface area contributed by atoms with E-state index in [1.54, 1.807) is 23.1 Å². The van der Waals surface area contributed by atoms with Crippen molar-refractivity contribution in [2.75, 3.05) is 13.2 Å². The van der Waals surface area contributed by atoms with Crippen LogP contribution in [0, 0.1) is 5.92 Å². The van der Waals surface area contributed by atoms with Crippen molar-refractivity contribution in [3.63, 3.8) is 0 Å². The van der Waals surface area contributed by atoms with E-state index in [9.17, 15) is 9.59 Å². The minimum atomic E-state index is -0.755. The van der Waals surface area contributed by atoms with E-state index in [1.807, 2.05) is 30.3 Å². The van der Waals surface area contributed by atoms with Crippen LogP contribution in [0.2, 0.25) is 5.02 Å². The van der Waals surface area contributed by atoms with E-state index in [4.69, 9.17) is 16.4 Å². The molecule has 3 aliphatic rings. The number of nitrogens with zero attached hydrogens (tertiary/aromatic N) is 2. The summed E-state index contributed by atoms with van der Waals surface area (Å²) in [5, 5.41) is 8.05. The van der Waals surface area contributed by atoms with Crippen LogP contribution in [0.3, 0.4) is 0 Å². The molecule has 2 aromatic rings. The first-order valence-corrected chi connectivity index (χ1v) is 11.7. The van der Waals surface area contributed by atoms with Crippen LogP contribution in [0.5, 0.6) is 0 Å². The molecule has 6 nitrogen and oxygen atoms in total. The van der Waals surface area contributed by atoms with Gasteiger partial charge < -0.3 is 15.1 Å². The second-order valence-corrected chi connectivity index (χ2v) is 9.21. The summed E-state index contributed by atoms with van der Waals surface area (Å²) in [4.78, 5) is 34.5. The number of hydrogen-bond acceptors (Lipinski definition) is 4. The number of rotatable bonds is 4. The Morgan fingerprint density at radius 3 is 2.53 bits per heavy atom. The molecule has 1 aliphatic carbocycles. The monoisotopic (exact) mass is 451 g/mol. The summed E-state index contributed by atoms with van der Waals surface area (Å²) in [5.41, 5.74) is 2.85. The molecule has 2 unspecified atom stereocenters. The summed E-state index contributed by atoms with van der Waals surface area (Å²) in [5.74, 6) is -0.402. The zero-order chi connectivity index (χ0) is 22.1. The summed E-state index contributed by atoms with van der Waals surface area (Å²) in [7, 11) is 0. The van der Waals surface area contributed by atoms with Crippen molar-refractivity contribution < 1.29 is 14.4 Å². The third kappa shape index (κ3) is 3.99. The van der Waals surface area contributed by atoms with Crippen LogP contribution >= 0.6 is 11.6 Å². The number of amides is 2. The van der Waals surface area contributed by atoms with E-state index in [1.165, 1.54) is 6.42 Å². The average molecular weight is 452 g/mol. The van der Waals surface area contributed by atoms with Crippen molar-refractivity contribution in [1.82, 2.24) is 10.2 Å². The van der Waals surface area contributed by atoms with Crippen LogP contribution < -0.4 is 5.32 Å². The second kappa shape index (κ2) is 8.94. The van der Waals surface area contributed by atoms with Gasteiger partial charge in [0.1, 0.15) is 12.6 Å². The summed E-state index contributed by atoms with van der Waals surface area (Å²) in [6.07, 6.45) is 5.39. The summed E-state index contributed by atoms with van der Waals surface area (Å²) < 4.78 is 0. The number of carbonyl (C=O) groups excluding carboxylic acids is 2. The highest BCUT2D eigenvalue weighted by Gasteiger charge is 2.41. The van der Waals surface area contributed by atoms with Gasteiger partial charge in [0.25, 0.3) is 5.91 Å². The number of oxime groups is 1. The highest BCUT2D eigenvalue weighted by molar-refractivity contribution is 6.30. The summed E-state index contributed by atoms with van der Waals surface area (Å²) in [6, 6.07) is 14.0. The van der Waals surface area contributed by atoms with Crippen molar-refractivity contribution in [3.05, 3.63) is 70.2 Å². The smallest absolute Gasteiger partial charge is 0.255 e. The molecule has 0 spiro atoms. The Morgan fingerprint density at radius 1 is 1.06 bits per heavy atom. The molecule has 2 heterocycles. The van der Waals surface area contributed by atoms with Crippen LogP contribution in [-0.4, -0.2) is 41.6 Å². The number of nitrogens with one attached hydrogen (secondary N) is 1. The molecule has 2 amide bonds. The van der Waals surface area contributed by atoms with Crippen molar-refractivity contribution in [2.45, 2.75) is 44.2 Å². The highest BCUT2D eigenvalue weighted by atomic mass is 35.5. The van der Waals surface area contributed by atoms with Crippen LogP contribution in [-0.2, 0) is 9.63 Å². The van der Waals surface area contributed by atoms with Crippen LogP contribution in [0.1, 0.15) is 59.6 Å². The standard InChI is InChI=1S/C25H26ClN3O3/c26-18-12-10-16(11-13-18)23(24(30)27-19-6-2-1-3-7-19)29-14-17-15-32-28-22(17)20-8-4-5-9-21(20)25(29)31/h4-5,8-13,17,19,23H,1-3,6-7,14-15H2,(H,27,30). The molecule has 1 fully saturated rings. The first kappa shape index (κ1) is 21.0. The van der Waals surface area contributed by atoms with E-state index < -0.39 is 6.04 Å². The lowest BCUT2D eigenvalue weighted by atomic mass is 9.94. The molecule has 2 atom stereocenters. The number of benzene rings is 2. The van der Waals surface area contributed by atoms with Crippen LogP contribution in [0.15, 0.2) is 53.7 Å². The predicted molar refractivity (Wildman–Crippen MR) is 123 cm³/mol. The van der Waals surface area contributed by atoms with Gasteiger partial charge in [-0.1, -0.05) is 66.4 Å². The van der Waals surface area contributed by atoms with E-state index in [0.717, 1.165) is 42.5 Å². The molecule has 2 aliphatic heterocycles. The fraction of sp³-hybridized carbons (Fsp3) is 0.400. The third-order valence-corrected chi connectivity index (χ3v) is 6.89. The first-order valence-electron chi connectivity index (χ1n) is 11.3. The van der Waals surface area contributed by atoms with Gasteiger partial charge in [-0.3, -0.25) is 9.59 Å². The minimum Gasteiger partial charge on any atom is -0.395 e. The Kier molecular flexibility index (Phi) is 5.87. The number of fused-ring (bicyclic) bond motifs is 3. The Hall–Kier alpha value is -2.86. The third-order valence-electron chi connectivity index (χ3n) is 6.63. The maximum absolute atomic E-state index is 13.8. The molecule has 2 aromatic carbocycles. The van der Waals surface area contributed by atoms with Gasteiger partial charge in [0.2, 0.25) is 5.91 Å². The Morgan fingerprint density at radius 2 is 1.78 bits per heavy atom. The van der Waals surface area contributed by atoms with Gasteiger partial charge in [-0.05, 0) is 36.6 Å². The van der Waals surface area contributed by atoms with Crippen LogP contribution in [0.25, 0.3) is 0 Å². The van der Waals surface area contributed by atoms with Gasteiger partial charge in [-0.15, -0.1) is 0 Å². The van der Waals surface area contributed by atoms with E-state index in [0.29, 0.717) is 23.7 Å². The van der Waals surface area contributed by atoms with Crippen LogP contribution in [0.4, 0.5) is 0 Å². The van der Waals surface area contributed by atoms with E-state index in [-0.39, 0.29) is 23.8 Å². The number of hydrogen-bond donors (Lipinski definition) is 1. The minimum absolute atomic E-state index is 0.0834. The van der Waals surface area contributed by atoms with E-state index in [2.05, 4.69) is 10.5 Å². The predicted octanol–water partition coefficient (Wildman–Crippen LogP) is 4.34. The summed E-state index contributed by atoms with van der Waals surface area (Å²) >= 11 is 6.12. The van der Waals surface area contributed by atoms with Gasteiger partial charge in [-0.25, -0.2) is 0 Å². The topological polar surface area (TPSA) is 71.0 Å². The summed E-state index contributed by atoms with van der Waals surface area (Å²) in [6.45, 7) is 0.753. The lowest BCUT2D eigenvalue weighted by molar-refractivity contribution is -0.127. The quantitative estimate of drug-likeness (QED) is 0.751.